The number of halogens is 3. The monoisotopic (exact) mass is 660 g/mol. The van der Waals surface area contributed by atoms with Crippen molar-refractivity contribution in [2.24, 2.45) is 7.05 Å². The summed E-state index contributed by atoms with van der Waals surface area (Å²) in [6.07, 6.45) is -0.700. The number of nitrogens with zero attached hydrogens (tertiary/aromatic N) is 5. The normalized spacial score (nSPS) is 14.8. The lowest BCUT2D eigenvalue weighted by molar-refractivity contribution is -0.138. The molecule has 46 heavy (non-hydrogen) atoms. The highest BCUT2D eigenvalue weighted by molar-refractivity contribution is 7.92. The fourth-order valence-corrected chi connectivity index (χ4v) is 6.12. The van der Waals surface area contributed by atoms with Gasteiger partial charge < -0.3 is 19.1 Å². The predicted molar refractivity (Wildman–Crippen MR) is 164 cm³/mol. The van der Waals surface area contributed by atoms with Gasteiger partial charge in [-0.05, 0) is 62.2 Å². The summed E-state index contributed by atoms with van der Waals surface area (Å²) in [7, 11) is 0.784. The van der Waals surface area contributed by atoms with Crippen LogP contribution in [0.1, 0.15) is 35.4 Å². The molecule has 0 saturated carbocycles. The summed E-state index contributed by atoms with van der Waals surface area (Å²) in [6.45, 7) is 2.36. The van der Waals surface area contributed by atoms with Crippen LogP contribution in [0.4, 0.5) is 19.1 Å². The van der Waals surface area contributed by atoms with Crippen molar-refractivity contribution in [2.75, 3.05) is 45.2 Å². The minimum atomic E-state index is -4.98. The van der Waals surface area contributed by atoms with E-state index in [2.05, 4.69) is 31.7 Å². The fraction of sp³-hybridized carbons (Fsp3) is 0.387. The third kappa shape index (κ3) is 8.02. The number of hydrogen-bond acceptors (Lipinski definition) is 9. The van der Waals surface area contributed by atoms with Crippen molar-refractivity contribution < 1.29 is 35.8 Å². The van der Waals surface area contributed by atoms with Crippen LogP contribution in [0.25, 0.3) is 11.3 Å². The largest absolute Gasteiger partial charge is 0.438 e. The number of likely N-dealkylation sites (tertiary alicyclic amines) is 1. The number of aryl methyl sites for hydroxylation is 1. The zero-order chi connectivity index (χ0) is 32.9. The minimum Gasteiger partial charge on any atom is -0.438 e. The lowest BCUT2D eigenvalue weighted by Gasteiger charge is -2.29. The standard InChI is InChI=1S/C31H35F3N6O5S/c1-39-14-12-22(13-15-39)21-8-10-24(11-9-21)45-29-27(31(32,33)34)28(26-7-5-4-6-23(26)20-44-17-16-43-3)36-30(37-29)38-46(41,42)25-18-35-40(2)19-25/h4-11,18-19,22H,12-17,20H2,1-3H3,(H,36,37,38). The van der Waals surface area contributed by atoms with Crippen molar-refractivity contribution in [3.8, 4) is 22.9 Å². The molecule has 0 radical (unpaired) electrons. The quantitative estimate of drug-likeness (QED) is 0.198. The number of aromatic nitrogens is 4. The topological polar surface area (TPSA) is 121 Å². The predicted octanol–water partition coefficient (Wildman–Crippen LogP) is 5.46. The molecule has 0 bridgehead atoms. The van der Waals surface area contributed by atoms with Gasteiger partial charge in [-0.2, -0.15) is 23.3 Å². The van der Waals surface area contributed by atoms with Gasteiger partial charge in [0, 0.05) is 25.9 Å². The van der Waals surface area contributed by atoms with Crippen molar-refractivity contribution in [1.82, 2.24) is 24.6 Å². The number of methoxy groups -OCH3 is 1. The Hall–Kier alpha value is -4.05. The van der Waals surface area contributed by atoms with E-state index in [0.717, 1.165) is 37.7 Å². The van der Waals surface area contributed by atoms with E-state index < -0.39 is 39.3 Å². The molecule has 2 aromatic carbocycles. The highest BCUT2D eigenvalue weighted by Gasteiger charge is 2.41. The van der Waals surface area contributed by atoms with Gasteiger partial charge in [-0.15, -0.1) is 0 Å². The maximum Gasteiger partial charge on any atom is 0.423 e. The van der Waals surface area contributed by atoms with Crippen LogP contribution >= 0.6 is 0 Å². The highest BCUT2D eigenvalue weighted by atomic mass is 32.2. The molecule has 1 saturated heterocycles. The number of nitrogens with one attached hydrogen (secondary N) is 1. The summed E-state index contributed by atoms with van der Waals surface area (Å²) >= 11 is 0. The van der Waals surface area contributed by atoms with Crippen LogP contribution in [0.3, 0.4) is 0 Å². The minimum absolute atomic E-state index is 0.0494. The Morgan fingerprint density at radius 1 is 1.00 bits per heavy atom. The first kappa shape index (κ1) is 33.3. The SMILES string of the molecule is COCCOCc1ccccc1-c1nc(NS(=O)(=O)c2cnn(C)c2)nc(Oc2ccc(C3CCN(C)CC3)cc2)c1C(F)(F)F. The summed E-state index contributed by atoms with van der Waals surface area (Å²) < 4.78 is 90.9. The van der Waals surface area contributed by atoms with Gasteiger partial charge in [-0.1, -0.05) is 36.4 Å². The molecule has 1 N–H and O–H groups in total. The summed E-state index contributed by atoms with van der Waals surface area (Å²) in [6, 6.07) is 13.1. The van der Waals surface area contributed by atoms with Crippen LogP contribution in [-0.4, -0.2) is 73.5 Å². The zero-order valence-electron chi connectivity index (χ0n) is 25.6. The third-order valence-corrected chi connectivity index (χ3v) is 8.91. The van der Waals surface area contributed by atoms with Crippen LogP contribution < -0.4 is 9.46 Å². The number of piperidine rings is 1. The van der Waals surface area contributed by atoms with Gasteiger partial charge in [0.2, 0.25) is 11.8 Å². The van der Waals surface area contributed by atoms with Crippen LogP contribution in [0.15, 0.2) is 65.8 Å². The Morgan fingerprint density at radius 2 is 1.72 bits per heavy atom. The summed E-state index contributed by atoms with van der Waals surface area (Å²) in [5.41, 5.74) is -0.320. The van der Waals surface area contributed by atoms with E-state index in [0.29, 0.717) is 11.5 Å². The molecule has 1 fully saturated rings. The molecule has 15 heteroatoms. The number of sulfonamides is 1. The molecular weight excluding hydrogens is 625 g/mol. The summed E-state index contributed by atoms with van der Waals surface area (Å²) in [5.74, 6) is -1.04. The van der Waals surface area contributed by atoms with Gasteiger partial charge in [-0.25, -0.2) is 18.1 Å². The molecule has 1 aliphatic rings. The van der Waals surface area contributed by atoms with Gasteiger partial charge in [0.15, 0.2) is 0 Å². The van der Waals surface area contributed by atoms with Crippen LogP contribution in [0, 0.1) is 0 Å². The fourth-order valence-electron chi connectivity index (χ4n) is 5.19. The molecule has 0 aliphatic carbocycles. The average molecular weight is 661 g/mol. The van der Waals surface area contributed by atoms with Gasteiger partial charge in [0.25, 0.3) is 10.0 Å². The van der Waals surface area contributed by atoms with E-state index in [9.17, 15) is 21.6 Å². The Balaban J connectivity index is 1.58. The van der Waals surface area contributed by atoms with E-state index >= 15 is 0 Å². The second-order valence-electron chi connectivity index (χ2n) is 11.0. The summed E-state index contributed by atoms with van der Waals surface area (Å²) in [5, 5.41) is 3.87. The molecule has 11 nitrogen and oxygen atoms in total. The molecule has 2 aromatic heterocycles. The molecular formula is C31H35F3N6O5S. The molecule has 3 heterocycles. The number of rotatable bonds is 12. The van der Waals surface area contributed by atoms with Crippen LogP contribution in [-0.2, 0) is 39.3 Å². The van der Waals surface area contributed by atoms with E-state index in [1.54, 1.807) is 30.3 Å². The van der Waals surface area contributed by atoms with Gasteiger partial charge in [0.05, 0.1) is 31.7 Å². The van der Waals surface area contributed by atoms with Crippen LogP contribution in [0.5, 0.6) is 11.6 Å². The Morgan fingerprint density at radius 3 is 2.37 bits per heavy atom. The number of anilines is 1. The van der Waals surface area contributed by atoms with Gasteiger partial charge >= 0.3 is 6.18 Å². The van der Waals surface area contributed by atoms with Crippen molar-refractivity contribution in [2.45, 2.75) is 36.4 Å². The van der Waals surface area contributed by atoms with Crippen LogP contribution in [0.2, 0.25) is 0 Å². The molecule has 4 aromatic rings. The van der Waals surface area contributed by atoms with E-state index in [1.165, 1.54) is 31.1 Å². The number of hydrogen-bond donors (Lipinski definition) is 1. The van der Waals surface area contributed by atoms with Crippen molar-refractivity contribution in [3.05, 3.63) is 77.6 Å². The smallest absolute Gasteiger partial charge is 0.423 e. The van der Waals surface area contributed by atoms with Gasteiger partial charge in [0.1, 0.15) is 16.2 Å². The number of alkyl halides is 3. The van der Waals surface area contributed by atoms with E-state index in [4.69, 9.17) is 14.2 Å². The maximum atomic E-state index is 14.9. The molecule has 1 aliphatic heterocycles. The Kier molecular flexibility index (Phi) is 10.3. The highest BCUT2D eigenvalue weighted by Crippen LogP contribution is 2.44. The molecule has 0 unspecified atom stereocenters. The lowest BCUT2D eigenvalue weighted by atomic mass is 9.90. The average Bonchev–Trinajstić information content (AvgIpc) is 3.47. The first-order valence-electron chi connectivity index (χ1n) is 14.6. The van der Waals surface area contributed by atoms with Crippen molar-refractivity contribution >= 4 is 16.0 Å². The third-order valence-electron chi connectivity index (χ3n) is 7.62. The first-order chi connectivity index (χ1) is 21.9. The van der Waals surface area contributed by atoms with E-state index in [1.807, 2.05) is 12.1 Å². The van der Waals surface area contributed by atoms with Crippen molar-refractivity contribution in [1.29, 1.82) is 0 Å². The van der Waals surface area contributed by atoms with Gasteiger partial charge in [-0.3, -0.25) is 4.68 Å². The molecule has 246 valence electrons. The second kappa shape index (κ2) is 14.2. The Labute approximate surface area is 265 Å². The first-order valence-corrected chi connectivity index (χ1v) is 16.0. The molecule has 5 rings (SSSR count). The number of ether oxygens (including phenoxy) is 3. The molecule has 0 atom stereocenters. The van der Waals surface area contributed by atoms with E-state index in [-0.39, 0.29) is 36.0 Å². The molecule has 0 amide bonds. The number of benzene rings is 2. The zero-order valence-corrected chi connectivity index (χ0v) is 26.4. The maximum absolute atomic E-state index is 14.9. The lowest BCUT2D eigenvalue weighted by Crippen LogP contribution is -2.29. The summed E-state index contributed by atoms with van der Waals surface area (Å²) in [4.78, 5) is 10.1. The van der Waals surface area contributed by atoms with Crippen molar-refractivity contribution in [3.63, 3.8) is 0 Å². The molecule has 0 spiro atoms. The Bertz CT molecular complexity index is 1740. The second-order valence-corrected chi connectivity index (χ2v) is 12.7.